The van der Waals surface area contributed by atoms with Crippen LogP contribution in [0.4, 0.5) is 0 Å². The van der Waals surface area contributed by atoms with Gasteiger partial charge in [0.1, 0.15) is 0 Å². The fraction of sp³-hybridized carbons (Fsp3) is 0.526. The monoisotopic (exact) mass is 332 g/mol. The van der Waals surface area contributed by atoms with Crippen LogP contribution >= 0.6 is 0 Å². The maximum absolute atomic E-state index is 12.0. The third-order valence-electron chi connectivity index (χ3n) is 4.75. The molecule has 2 N–H and O–H groups in total. The van der Waals surface area contributed by atoms with Crippen molar-refractivity contribution in [2.45, 2.75) is 57.3 Å². The molecule has 0 aromatic heterocycles. The molecule has 0 saturated heterocycles. The van der Waals surface area contributed by atoms with Gasteiger partial charge in [0.15, 0.2) is 11.2 Å². The van der Waals surface area contributed by atoms with Gasteiger partial charge in [-0.1, -0.05) is 56.9 Å². The Morgan fingerprint density at radius 1 is 1.00 bits per heavy atom. The van der Waals surface area contributed by atoms with Crippen LogP contribution in [0.1, 0.15) is 67.8 Å². The summed E-state index contributed by atoms with van der Waals surface area (Å²) in [6.07, 6.45) is 5.12. The van der Waals surface area contributed by atoms with E-state index in [2.05, 4.69) is 0 Å². The molecular formula is C19H24O5. The Morgan fingerprint density at radius 3 is 2.04 bits per heavy atom. The minimum absolute atomic E-state index is 0.0492. The van der Waals surface area contributed by atoms with E-state index in [1.165, 1.54) is 12.1 Å². The average molecular weight is 332 g/mol. The van der Waals surface area contributed by atoms with Gasteiger partial charge in [0.05, 0.1) is 0 Å². The predicted molar refractivity (Wildman–Crippen MR) is 89.2 cm³/mol. The fourth-order valence-electron chi connectivity index (χ4n) is 3.01. The summed E-state index contributed by atoms with van der Waals surface area (Å²) < 4.78 is 0. The maximum atomic E-state index is 12.0. The first-order chi connectivity index (χ1) is 11.4. The summed E-state index contributed by atoms with van der Waals surface area (Å²) in [5.41, 5.74) is -1.20. The van der Waals surface area contributed by atoms with Crippen LogP contribution < -0.4 is 0 Å². The number of carboxylic acid groups (broad SMARTS) is 2. The topological polar surface area (TPSA) is 91.7 Å². The molecule has 5 heteroatoms. The third-order valence-corrected chi connectivity index (χ3v) is 4.75. The highest BCUT2D eigenvalue weighted by molar-refractivity contribution is 6.05. The number of ketones is 1. The molecule has 130 valence electrons. The zero-order valence-corrected chi connectivity index (χ0v) is 14.0. The molecule has 0 amide bonds. The van der Waals surface area contributed by atoms with Crippen molar-refractivity contribution in [1.82, 2.24) is 0 Å². The van der Waals surface area contributed by atoms with Crippen LogP contribution in [-0.2, 0) is 15.0 Å². The standard InChI is InChI=1S/C19H24O5/c1-2-3-4-5-12-19(17(21)22,18(23)24)15-10-8-14(9-11-15)16(20)13-6-7-13/h8-11,13H,2-7,12H2,1H3,(H,21,22)(H,23,24). The van der Waals surface area contributed by atoms with Crippen molar-refractivity contribution < 1.29 is 24.6 Å². The lowest BCUT2D eigenvalue weighted by Crippen LogP contribution is -2.43. The number of unbranched alkanes of at least 4 members (excludes halogenated alkanes) is 3. The minimum atomic E-state index is -1.95. The minimum Gasteiger partial charge on any atom is -0.480 e. The van der Waals surface area contributed by atoms with Gasteiger partial charge in [-0.05, 0) is 24.8 Å². The molecule has 1 aromatic carbocycles. The van der Waals surface area contributed by atoms with Gasteiger partial charge < -0.3 is 10.2 Å². The summed E-state index contributed by atoms with van der Waals surface area (Å²) in [6.45, 7) is 2.04. The van der Waals surface area contributed by atoms with Gasteiger partial charge in [-0.25, -0.2) is 0 Å². The number of carbonyl (C=O) groups is 3. The zero-order valence-electron chi connectivity index (χ0n) is 14.0. The summed E-state index contributed by atoms with van der Waals surface area (Å²) >= 11 is 0. The average Bonchev–Trinajstić information content (AvgIpc) is 3.39. The zero-order chi connectivity index (χ0) is 17.7. The van der Waals surface area contributed by atoms with Crippen LogP contribution in [0.2, 0.25) is 0 Å². The Morgan fingerprint density at radius 2 is 1.58 bits per heavy atom. The predicted octanol–water partition coefficient (Wildman–Crippen LogP) is 3.66. The van der Waals surface area contributed by atoms with Crippen molar-refractivity contribution in [3.05, 3.63) is 35.4 Å². The number of aliphatic carboxylic acids is 2. The molecular weight excluding hydrogens is 308 g/mol. The van der Waals surface area contributed by atoms with Crippen molar-refractivity contribution in [1.29, 1.82) is 0 Å². The number of benzene rings is 1. The second-order valence-corrected chi connectivity index (χ2v) is 6.54. The number of hydrogen-bond donors (Lipinski definition) is 2. The Bertz CT molecular complexity index is 599. The van der Waals surface area contributed by atoms with E-state index in [-0.39, 0.29) is 23.7 Å². The van der Waals surface area contributed by atoms with Crippen LogP contribution in [0.5, 0.6) is 0 Å². The van der Waals surface area contributed by atoms with E-state index < -0.39 is 17.4 Å². The molecule has 0 heterocycles. The molecule has 1 aliphatic carbocycles. The van der Waals surface area contributed by atoms with Crippen molar-refractivity contribution in [3.8, 4) is 0 Å². The quantitative estimate of drug-likeness (QED) is 0.387. The Balaban J connectivity index is 2.26. The van der Waals surface area contributed by atoms with Crippen LogP contribution in [0.25, 0.3) is 0 Å². The van der Waals surface area contributed by atoms with Crippen LogP contribution in [0.3, 0.4) is 0 Å². The van der Waals surface area contributed by atoms with Gasteiger partial charge >= 0.3 is 11.9 Å². The van der Waals surface area contributed by atoms with Gasteiger partial charge in [-0.15, -0.1) is 0 Å². The largest absolute Gasteiger partial charge is 0.480 e. The van der Waals surface area contributed by atoms with Crippen molar-refractivity contribution in [3.63, 3.8) is 0 Å². The van der Waals surface area contributed by atoms with E-state index in [4.69, 9.17) is 0 Å². The molecule has 1 fully saturated rings. The second-order valence-electron chi connectivity index (χ2n) is 6.54. The maximum Gasteiger partial charge on any atom is 0.325 e. The molecule has 0 atom stereocenters. The van der Waals surface area contributed by atoms with E-state index in [9.17, 15) is 24.6 Å². The highest BCUT2D eigenvalue weighted by atomic mass is 16.4. The Hall–Kier alpha value is -2.17. The van der Waals surface area contributed by atoms with E-state index in [0.29, 0.717) is 12.0 Å². The van der Waals surface area contributed by atoms with E-state index in [1.54, 1.807) is 12.1 Å². The van der Waals surface area contributed by atoms with Crippen LogP contribution in [-0.4, -0.2) is 27.9 Å². The van der Waals surface area contributed by atoms with E-state index in [1.807, 2.05) is 6.92 Å². The SMILES string of the molecule is CCCCCCC(C(=O)O)(C(=O)O)c1ccc(C(=O)C2CC2)cc1. The normalized spacial score (nSPS) is 14.4. The number of rotatable bonds is 10. The molecule has 0 unspecified atom stereocenters. The molecule has 0 spiro atoms. The lowest BCUT2D eigenvalue weighted by atomic mass is 9.76. The molecule has 1 saturated carbocycles. The number of carbonyl (C=O) groups excluding carboxylic acids is 1. The van der Waals surface area contributed by atoms with Gasteiger partial charge in [-0.2, -0.15) is 0 Å². The summed E-state index contributed by atoms with van der Waals surface area (Å²) in [5, 5.41) is 19.3. The Labute approximate surface area is 141 Å². The molecule has 5 nitrogen and oxygen atoms in total. The van der Waals surface area contributed by atoms with Crippen LogP contribution in [0, 0.1) is 5.92 Å². The van der Waals surface area contributed by atoms with Crippen LogP contribution in [0.15, 0.2) is 24.3 Å². The number of hydrogen-bond acceptors (Lipinski definition) is 3. The van der Waals surface area contributed by atoms with Gasteiger partial charge in [-0.3, -0.25) is 14.4 Å². The van der Waals surface area contributed by atoms with Crippen molar-refractivity contribution in [2.75, 3.05) is 0 Å². The smallest absolute Gasteiger partial charge is 0.325 e. The van der Waals surface area contributed by atoms with Crippen molar-refractivity contribution in [2.24, 2.45) is 5.92 Å². The summed E-state index contributed by atoms with van der Waals surface area (Å²) in [7, 11) is 0. The van der Waals surface area contributed by atoms with E-state index in [0.717, 1.165) is 32.1 Å². The van der Waals surface area contributed by atoms with Gasteiger partial charge in [0, 0.05) is 11.5 Å². The van der Waals surface area contributed by atoms with E-state index >= 15 is 0 Å². The lowest BCUT2D eigenvalue weighted by Gasteiger charge is -2.25. The number of carboxylic acids is 2. The van der Waals surface area contributed by atoms with Gasteiger partial charge in [0.2, 0.25) is 0 Å². The molecule has 1 aromatic rings. The molecule has 0 aliphatic heterocycles. The molecule has 1 aliphatic rings. The molecule has 0 bridgehead atoms. The fourth-order valence-corrected chi connectivity index (χ4v) is 3.01. The first-order valence-corrected chi connectivity index (χ1v) is 8.55. The molecule has 24 heavy (non-hydrogen) atoms. The highest BCUT2D eigenvalue weighted by Crippen LogP contribution is 2.35. The molecule has 0 radical (unpaired) electrons. The summed E-state index contributed by atoms with van der Waals surface area (Å²) in [6, 6.07) is 6.08. The third kappa shape index (κ3) is 3.66. The first kappa shape index (κ1) is 18.2. The Kier molecular flexibility index (Phi) is 5.75. The summed E-state index contributed by atoms with van der Waals surface area (Å²) in [4.78, 5) is 35.7. The molecule has 2 rings (SSSR count). The van der Waals surface area contributed by atoms with Crippen molar-refractivity contribution >= 4 is 17.7 Å². The number of Topliss-reactive ketones (excluding diaryl/α,β-unsaturated/α-hetero) is 1. The highest BCUT2D eigenvalue weighted by Gasteiger charge is 2.47. The second kappa shape index (κ2) is 7.60. The van der Waals surface area contributed by atoms with Gasteiger partial charge in [0.25, 0.3) is 0 Å². The lowest BCUT2D eigenvalue weighted by molar-refractivity contribution is -0.158. The first-order valence-electron chi connectivity index (χ1n) is 8.55. The summed E-state index contributed by atoms with van der Waals surface area (Å²) in [5.74, 6) is -2.57.